The number of nitrogens with zero attached hydrogens (tertiary/aromatic N) is 1. The maximum Gasteiger partial charge on any atom is 0.127 e. The molecule has 0 saturated carbocycles. The van der Waals surface area contributed by atoms with E-state index in [0.717, 1.165) is 5.71 Å². The fourth-order valence-electron chi connectivity index (χ4n) is 3.88. The first-order valence-electron chi connectivity index (χ1n) is 5.61. The van der Waals surface area contributed by atoms with E-state index in [0.29, 0.717) is 5.92 Å². The Hall–Kier alpha value is -0.610. The van der Waals surface area contributed by atoms with Crippen LogP contribution >= 0.6 is 0 Å². The van der Waals surface area contributed by atoms with Gasteiger partial charge in [0, 0.05) is 0 Å². The van der Waals surface area contributed by atoms with E-state index in [4.69, 9.17) is 5.21 Å². The molecule has 4 aliphatic heterocycles. The van der Waals surface area contributed by atoms with Gasteiger partial charge in [-0.1, -0.05) is 5.16 Å². The summed E-state index contributed by atoms with van der Waals surface area (Å²) in [5, 5.41) is 12.7. The van der Waals surface area contributed by atoms with E-state index in [1.165, 1.54) is 39.3 Å². The zero-order valence-corrected chi connectivity index (χ0v) is 8.71. The molecule has 4 heterocycles. The van der Waals surface area contributed by atoms with Crippen LogP contribution in [0.3, 0.4) is 0 Å². The van der Waals surface area contributed by atoms with Gasteiger partial charge in [0.2, 0.25) is 0 Å². The Morgan fingerprint density at radius 2 is 1.86 bits per heavy atom. The van der Waals surface area contributed by atoms with Crippen LogP contribution < -0.4 is 9.80 Å². The molecule has 0 aromatic carbocycles. The Morgan fingerprint density at radius 3 is 2.29 bits per heavy atom. The lowest BCUT2D eigenvalue weighted by molar-refractivity contribution is -0.918. The fraction of sp³-hybridized carbons (Fsp3) is 0.900. The molecule has 0 aliphatic carbocycles. The molecule has 4 aliphatic rings. The van der Waals surface area contributed by atoms with Gasteiger partial charge < -0.3 is 15.0 Å². The van der Waals surface area contributed by atoms with Crippen molar-refractivity contribution in [2.24, 2.45) is 16.5 Å². The van der Waals surface area contributed by atoms with Crippen molar-refractivity contribution < 1.29 is 15.0 Å². The number of quaternary nitrogens is 2. The summed E-state index contributed by atoms with van der Waals surface area (Å²) in [4.78, 5) is 3.44. The quantitative estimate of drug-likeness (QED) is 0.286. The fourth-order valence-corrected chi connectivity index (χ4v) is 3.88. The number of hydrogen-bond donors (Lipinski definition) is 3. The minimum Gasteiger partial charge on any atom is -0.411 e. The monoisotopic (exact) mass is 197 g/mol. The lowest BCUT2D eigenvalue weighted by Crippen LogP contribution is -3.16. The van der Waals surface area contributed by atoms with Gasteiger partial charge in [-0.3, -0.25) is 0 Å². The third kappa shape index (κ3) is 1.04. The van der Waals surface area contributed by atoms with Crippen molar-refractivity contribution in [3.63, 3.8) is 0 Å². The largest absolute Gasteiger partial charge is 0.411 e. The van der Waals surface area contributed by atoms with E-state index in [1.54, 1.807) is 9.80 Å². The van der Waals surface area contributed by atoms with Crippen molar-refractivity contribution in [3.8, 4) is 0 Å². The highest BCUT2D eigenvalue weighted by atomic mass is 16.4. The summed E-state index contributed by atoms with van der Waals surface area (Å²) in [6.07, 6.45) is 0. The van der Waals surface area contributed by atoms with Gasteiger partial charge in [0.15, 0.2) is 0 Å². The molecule has 14 heavy (non-hydrogen) atoms. The van der Waals surface area contributed by atoms with Crippen LogP contribution in [0.5, 0.6) is 0 Å². The lowest BCUT2D eigenvalue weighted by Gasteiger charge is -2.43. The van der Waals surface area contributed by atoms with Crippen LogP contribution in [-0.2, 0) is 0 Å². The molecule has 4 heteroatoms. The van der Waals surface area contributed by atoms with E-state index < -0.39 is 0 Å². The summed E-state index contributed by atoms with van der Waals surface area (Å²) in [7, 11) is 0. The first kappa shape index (κ1) is 8.68. The van der Waals surface area contributed by atoms with Crippen LogP contribution in [-0.4, -0.2) is 50.2 Å². The predicted molar refractivity (Wildman–Crippen MR) is 51.9 cm³/mol. The van der Waals surface area contributed by atoms with Crippen LogP contribution in [0.15, 0.2) is 5.16 Å². The maximum absolute atomic E-state index is 9.12. The molecule has 2 atom stereocenters. The number of hydrogen-bond acceptors (Lipinski definition) is 2. The van der Waals surface area contributed by atoms with Crippen LogP contribution in [0, 0.1) is 11.3 Å². The molecule has 4 rings (SSSR count). The van der Waals surface area contributed by atoms with Crippen molar-refractivity contribution in [1.29, 1.82) is 0 Å². The third-order valence-electron chi connectivity index (χ3n) is 4.30. The van der Waals surface area contributed by atoms with E-state index >= 15 is 0 Å². The Morgan fingerprint density at radius 1 is 1.29 bits per heavy atom. The van der Waals surface area contributed by atoms with E-state index in [2.05, 4.69) is 12.1 Å². The molecule has 3 N–H and O–H groups in total. The summed E-state index contributed by atoms with van der Waals surface area (Å²) in [6, 6.07) is 0. The van der Waals surface area contributed by atoms with Gasteiger partial charge in [0.05, 0.1) is 37.8 Å². The SMILES string of the molecule is CC12C[NH+]3CC[NH+](CC(C3)/C1=N\O)C2. The number of fused-ring (bicyclic) bond motifs is 1. The van der Waals surface area contributed by atoms with Crippen molar-refractivity contribution in [2.75, 3.05) is 39.3 Å². The molecular formula is C10H19N3O+2. The second-order valence-electron chi connectivity index (χ2n) is 5.50. The number of piperidine rings is 2. The molecule has 0 aromatic rings. The highest BCUT2D eigenvalue weighted by Crippen LogP contribution is 2.25. The second kappa shape index (κ2) is 2.70. The van der Waals surface area contributed by atoms with Crippen molar-refractivity contribution in [3.05, 3.63) is 0 Å². The molecule has 4 fully saturated rings. The molecule has 78 valence electrons. The standard InChI is InChI=1S/C10H17N3O/c1-10-6-12-2-3-13(7-10)5-8(4-12)9(10)11-14/h8,14H,2-7H2,1H3/p+2/b11-9+. The molecular weight excluding hydrogens is 178 g/mol. The Balaban J connectivity index is 2.03. The maximum atomic E-state index is 9.12. The van der Waals surface area contributed by atoms with Gasteiger partial charge in [0.1, 0.15) is 18.5 Å². The van der Waals surface area contributed by atoms with Gasteiger partial charge in [-0.25, -0.2) is 0 Å². The Labute approximate surface area is 84.2 Å². The van der Waals surface area contributed by atoms with Gasteiger partial charge in [-0.2, -0.15) is 0 Å². The third-order valence-corrected chi connectivity index (χ3v) is 4.30. The normalized spacial score (nSPS) is 53.8. The summed E-state index contributed by atoms with van der Waals surface area (Å²) >= 11 is 0. The van der Waals surface area contributed by atoms with Gasteiger partial charge in [0.25, 0.3) is 0 Å². The number of nitrogens with one attached hydrogen (secondary N) is 2. The first-order chi connectivity index (χ1) is 6.71. The lowest BCUT2D eigenvalue weighted by atomic mass is 9.72. The van der Waals surface area contributed by atoms with Gasteiger partial charge >= 0.3 is 0 Å². The van der Waals surface area contributed by atoms with Crippen LogP contribution in [0.25, 0.3) is 0 Å². The highest BCUT2D eigenvalue weighted by molar-refractivity contribution is 5.92. The number of oxime groups is 1. The summed E-state index contributed by atoms with van der Waals surface area (Å²) in [5.74, 6) is 0.542. The van der Waals surface area contributed by atoms with Gasteiger partial charge in [-0.15, -0.1) is 0 Å². The molecule has 0 amide bonds. The molecule has 4 nitrogen and oxygen atoms in total. The molecule has 4 saturated heterocycles. The van der Waals surface area contributed by atoms with E-state index in [1.807, 2.05) is 0 Å². The molecule has 0 radical (unpaired) electrons. The molecule has 4 bridgehead atoms. The summed E-state index contributed by atoms with van der Waals surface area (Å²) in [5.41, 5.74) is 1.27. The van der Waals surface area contributed by atoms with Crippen LogP contribution in [0.4, 0.5) is 0 Å². The zero-order valence-electron chi connectivity index (χ0n) is 8.71. The van der Waals surface area contributed by atoms with Crippen LogP contribution in [0.2, 0.25) is 0 Å². The topological polar surface area (TPSA) is 41.5 Å². The molecule has 2 unspecified atom stereocenters. The minimum absolute atomic E-state index is 0.178. The van der Waals surface area contributed by atoms with E-state index in [9.17, 15) is 0 Å². The number of rotatable bonds is 0. The Kier molecular flexibility index (Phi) is 1.67. The van der Waals surface area contributed by atoms with Crippen molar-refractivity contribution in [2.45, 2.75) is 6.92 Å². The summed E-state index contributed by atoms with van der Waals surface area (Å²) in [6.45, 7) is 9.62. The second-order valence-corrected chi connectivity index (χ2v) is 5.50. The van der Waals surface area contributed by atoms with Gasteiger partial charge in [-0.05, 0) is 6.92 Å². The van der Waals surface area contributed by atoms with Crippen LogP contribution in [0.1, 0.15) is 6.92 Å². The van der Waals surface area contributed by atoms with Crippen molar-refractivity contribution >= 4 is 5.71 Å². The minimum atomic E-state index is 0.178. The Bertz CT molecular complexity index is 273. The van der Waals surface area contributed by atoms with E-state index in [-0.39, 0.29) is 5.41 Å². The average Bonchev–Trinajstić information content (AvgIpc) is 2.32. The summed E-state index contributed by atoms with van der Waals surface area (Å²) < 4.78 is 0. The highest BCUT2D eigenvalue weighted by Gasteiger charge is 2.55. The van der Waals surface area contributed by atoms with Crippen molar-refractivity contribution in [1.82, 2.24) is 0 Å². The first-order valence-corrected chi connectivity index (χ1v) is 5.61. The average molecular weight is 197 g/mol. The zero-order chi connectivity index (χ0) is 9.76. The smallest absolute Gasteiger partial charge is 0.127 e. The molecule has 0 spiro atoms. The molecule has 0 aromatic heterocycles. The predicted octanol–water partition coefficient (Wildman–Crippen LogP) is -2.75.